The van der Waals surface area contributed by atoms with E-state index in [1.807, 2.05) is 11.8 Å². The number of hydrogen-bond donors (Lipinski definition) is 0. The predicted octanol–water partition coefficient (Wildman–Crippen LogP) is 7.45. The van der Waals surface area contributed by atoms with Crippen LogP contribution in [0.2, 0.25) is 0 Å². The standard InChI is InChI=1S/C27H22S/c1-4-12-20(13-5-1)25-23-18-10-11-19-24(23)28-27(22-16-8-3-9-17-22)26(25)21-14-6-2-7-15-21/h1-19,25-27H/t25-,26+,27-/m0/s1. The van der Waals surface area contributed by atoms with Crippen molar-refractivity contribution in [3.63, 3.8) is 0 Å². The second-order valence-electron chi connectivity index (χ2n) is 7.31. The molecule has 0 unspecified atom stereocenters. The van der Waals surface area contributed by atoms with Gasteiger partial charge in [0.1, 0.15) is 0 Å². The van der Waals surface area contributed by atoms with Gasteiger partial charge in [0.15, 0.2) is 0 Å². The van der Waals surface area contributed by atoms with E-state index < -0.39 is 0 Å². The highest BCUT2D eigenvalue weighted by molar-refractivity contribution is 7.99. The Morgan fingerprint density at radius 3 is 1.61 bits per heavy atom. The Bertz CT molecular complexity index is 1040. The molecule has 0 saturated carbocycles. The van der Waals surface area contributed by atoms with Crippen molar-refractivity contribution in [2.24, 2.45) is 0 Å². The van der Waals surface area contributed by atoms with E-state index in [1.54, 1.807) is 0 Å². The van der Waals surface area contributed by atoms with E-state index in [-0.39, 0.29) is 0 Å². The van der Waals surface area contributed by atoms with E-state index >= 15 is 0 Å². The molecule has 0 fully saturated rings. The maximum atomic E-state index is 2.32. The predicted molar refractivity (Wildman–Crippen MR) is 119 cm³/mol. The molecule has 0 N–H and O–H groups in total. The van der Waals surface area contributed by atoms with Crippen molar-refractivity contribution in [2.45, 2.75) is 22.0 Å². The molecule has 4 aromatic carbocycles. The molecular weight excluding hydrogens is 356 g/mol. The minimum absolute atomic E-state index is 0.339. The summed E-state index contributed by atoms with van der Waals surface area (Å²) < 4.78 is 0. The summed E-state index contributed by atoms with van der Waals surface area (Å²) >= 11 is 2.01. The summed E-state index contributed by atoms with van der Waals surface area (Å²) in [5.41, 5.74) is 5.65. The molecule has 1 aliphatic rings. The first-order valence-electron chi connectivity index (χ1n) is 9.82. The molecule has 1 heterocycles. The Morgan fingerprint density at radius 1 is 0.464 bits per heavy atom. The third-order valence-electron chi connectivity index (χ3n) is 5.66. The van der Waals surface area contributed by atoms with Crippen LogP contribution in [0.25, 0.3) is 0 Å². The number of fused-ring (bicyclic) bond motifs is 1. The molecule has 0 saturated heterocycles. The van der Waals surface area contributed by atoms with Gasteiger partial charge >= 0.3 is 0 Å². The molecule has 1 aliphatic heterocycles. The normalized spacial score (nSPS) is 21.1. The van der Waals surface area contributed by atoms with E-state index in [1.165, 1.54) is 27.1 Å². The van der Waals surface area contributed by atoms with Crippen LogP contribution >= 0.6 is 11.8 Å². The average molecular weight is 379 g/mol. The highest BCUT2D eigenvalue weighted by Crippen LogP contribution is 2.59. The molecule has 0 bridgehead atoms. The van der Waals surface area contributed by atoms with Crippen LogP contribution in [-0.4, -0.2) is 0 Å². The quantitative estimate of drug-likeness (QED) is 0.357. The van der Waals surface area contributed by atoms with Crippen LogP contribution in [0, 0.1) is 0 Å². The van der Waals surface area contributed by atoms with Crippen LogP contribution in [0.15, 0.2) is 120 Å². The SMILES string of the molecule is c1ccc([C@H]2c3ccccc3S[C@@H](c3ccccc3)[C@@H]2c2ccccc2)cc1. The Hall–Kier alpha value is -2.77. The van der Waals surface area contributed by atoms with E-state index in [4.69, 9.17) is 0 Å². The number of thioether (sulfide) groups is 1. The fourth-order valence-electron chi connectivity index (χ4n) is 4.43. The molecule has 0 aromatic heterocycles. The zero-order valence-corrected chi connectivity index (χ0v) is 16.4. The summed E-state index contributed by atoms with van der Waals surface area (Å²) in [7, 11) is 0. The van der Waals surface area contributed by atoms with Crippen LogP contribution in [0.5, 0.6) is 0 Å². The number of rotatable bonds is 3. The summed E-state index contributed by atoms with van der Waals surface area (Å²) in [6.07, 6.45) is 0. The Kier molecular flexibility index (Phi) is 4.76. The lowest BCUT2D eigenvalue weighted by molar-refractivity contribution is 0.571. The monoisotopic (exact) mass is 378 g/mol. The van der Waals surface area contributed by atoms with E-state index in [0.29, 0.717) is 17.1 Å². The summed E-state index contributed by atoms with van der Waals surface area (Å²) in [6, 6.07) is 42.0. The molecule has 4 aromatic rings. The minimum Gasteiger partial charge on any atom is -0.117 e. The van der Waals surface area contributed by atoms with Crippen LogP contribution in [0.3, 0.4) is 0 Å². The molecule has 0 aliphatic carbocycles. The lowest BCUT2D eigenvalue weighted by atomic mass is 9.73. The molecule has 0 amide bonds. The fourth-order valence-corrected chi connectivity index (χ4v) is 5.95. The molecule has 5 rings (SSSR count). The van der Waals surface area contributed by atoms with Gasteiger partial charge in [-0.2, -0.15) is 0 Å². The second-order valence-corrected chi connectivity index (χ2v) is 8.50. The van der Waals surface area contributed by atoms with Gasteiger partial charge in [0.05, 0.1) is 0 Å². The van der Waals surface area contributed by atoms with Gasteiger partial charge < -0.3 is 0 Å². The number of benzene rings is 4. The molecule has 1 heteroatoms. The van der Waals surface area contributed by atoms with E-state index in [9.17, 15) is 0 Å². The van der Waals surface area contributed by atoms with Crippen molar-refractivity contribution in [2.75, 3.05) is 0 Å². The van der Waals surface area contributed by atoms with Crippen molar-refractivity contribution in [1.29, 1.82) is 0 Å². The Balaban J connectivity index is 1.75. The molecule has 136 valence electrons. The van der Waals surface area contributed by atoms with Crippen LogP contribution < -0.4 is 0 Å². The lowest BCUT2D eigenvalue weighted by Crippen LogP contribution is -2.23. The van der Waals surface area contributed by atoms with Crippen molar-refractivity contribution in [3.05, 3.63) is 138 Å². The van der Waals surface area contributed by atoms with E-state index in [2.05, 4.69) is 115 Å². The third kappa shape index (κ3) is 3.16. The number of hydrogen-bond acceptors (Lipinski definition) is 1. The van der Waals surface area contributed by atoms with Crippen LogP contribution in [-0.2, 0) is 0 Å². The maximum Gasteiger partial charge on any atom is 0.0422 e. The Labute approximate surface area is 171 Å². The highest BCUT2D eigenvalue weighted by Gasteiger charge is 2.39. The zero-order valence-electron chi connectivity index (χ0n) is 15.6. The first-order valence-corrected chi connectivity index (χ1v) is 10.7. The van der Waals surface area contributed by atoms with Crippen molar-refractivity contribution < 1.29 is 0 Å². The lowest BCUT2D eigenvalue weighted by Gasteiger charge is -2.40. The summed E-state index contributed by atoms with van der Waals surface area (Å²) in [5.74, 6) is 0.720. The van der Waals surface area contributed by atoms with Gasteiger partial charge in [-0.25, -0.2) is 0 Å². The summed E-state index contributed by atoms with van der Waals surface area (Å²) in [4.78, 5) is 1.40. The maximum absolute atomic E-state index is 2.32. The molecule has 0 radical (unpaired) electrons. The largest absolute Gasteiger partial charge is 0.117 e. The minimum atomic E-state index is 0.339. The average Bonchev–Trinajstić information content (AvgIpc) is 2.79. The molecular formula is C27H22S. The fraction of sp³-hybridized carbons (Fsp3) is 0.111. The van der Waals surface area contributed by atoms with Crippen molar-refractivity contribution >= 4 is 11.8 Å². The van der Waals surface area contributed by atoms with Crippen LogP contribution in [0.4, 0.5) is 0 Å². The van der Waals surface area contributed by atoms with Gasteiger partial charge in [0.2, 0.25) is 0 Å². The zero-order chi connectivity index (χ0) is 18.8. The first kappa shape index (κ1) is 17.3. The van der Waals surface area contributed by atoms with Gasteiger partial charge in [0, 0.05) is 22.0 Å². The summed E-state index contributed by atoms with van der Waals surface area (Å²) in [5, 5.41) is 0.378. The summed E-state index contributed by atoms with van der Waals surface area (Å²) in [6.45, 7) is 0. The van der Waals surface area contributed by atoms with Gasteiger partial charge in [-0.15, -0.1) is 11.8 Å². The highest BCUT2D eigenvalue weighted by atomic mass is 32.2. The van der Waals surface area contributed by atoms with Gasteiger partial charge in [-0.3, -0.25) is 0 Å². The third-order valence-corrected chi connectivity index (χ3v) is 7.11. The van der Waals surface area contributed by atoms with Gasteiger partial charge in [-0.1, -0.05) is 109 Å². The van der Waals surface area contributed by atoms with Gasteiger partial charge in [0.25, 0.3) is 0 Å². The first-order chi connectivity index (χ1) is 13.9. The van der Waals surface area contributed by atoms with Gasteiger partial charge in [-0.05, 0) is 28.3 Å². The molecule has 0 spiro atoms. The topological polar surface area (TPSA) is 0 Å². The Morgan fingerprint density at radius 2 is 0.964 bits per heavy atom. The van der Waals surface area contributed by atoms with Crippen molar-refractivity contribution in [3.8, 4) is 0 Å². The van der Waals surface area contributed by atoms with Crippen molar-refractivity contribution in [1.82, 2.24) is 0 Å². The van der Waals surface area contributed by atoms with Crippen LogP contribution in [0.1, 0.15) is 39.3 Å². The smallest absolute Gasteiger partial charge is 0.0422 e. The van der Waals surface area contributed by atoms with E-state index in [0.717, 1.165) is 0 Å². The molecule has 3 atom stereocenters. The second kappa shape index (κ2) is 7.69. The molecule has 28 heavy (non-hydrogen) atoms. The molecule has 0 nitrogen and oxygen atoms in total.